The fourth-order valence-corrected chi connectivity index (χ4v) is 3.62. The van der Waals surface area contributed by atoms with Crippen molar-refractivity contribution in [1.82, 2.24) is 4.90 Å². The molecule has 2 aromatic carbocycles. The lowest BCUT2D eigenvalue weighted by Crippen LogP contribution is -2.31. The molecule has 1 unspecified atom stereocenters. The second-order valence-electron chi connectivity index (χ2n) is 7.03. The van der Waals surface area contributed by atoms with Gasteiger partial charge in [0.05, 0.1) is 6.61 Å². The van der Waals surface area contributed by atoms with Crippen molar-refractivity contribution in [2.45, 2.75) is 38.2 Å². The molecule has 0 aliphatic carbocycles. The zero-order chi connectivity index (χ0) is 18.9. The maximum atomic E-state index is 6.04. The van der Waals surface area contributed by atoms with Crippen LogP contribution in [-0.2, 0) is 0 Å². The molecular formula is C23H29ClNO2. The molecule has 4 heteroatoms. The first-order valence-electron chi connectivity index (χ1n) is 9.91. The molecule has 1 radical (unpaired) electrons. The van der Waals surface area contributed by atoms with E-state index in [0.717, 1.165) is 36.6 Å². The second-order valence-corrected chi connectivity index (χ2v) is 7.46. The fraction of sp³-hybridized carbons (Fsp3) is 0.435. The van der Waals surface area contributed by atoms with Gasteiger partial charge in [-0.15, -0.1) is 0 Å². The Morgan fingerprint density at radius 3 is 2.48 bits per heavy atom. The first-order chi connectivity index (χ1) is 13.2. The number of likely N-dealkylation sites (tertiary alicyclic amines) is 1. The van der Waals surface area contributed by atoms with E-state index in [1.54, 1.807) is 0 Å². The highest BCUT2D eigenvalue weighted by molar-refractivity contribution is 6.30. The van der Waals surface area contributed by atoms with Crippen LogP contribution >= 0.6 is 11.6 Å². The molecule has 0 bridgehead atoms. The Balaban J connectivity index is 1.46. The Bertz CT molecular complexity index is 683. The molecule has 0 amide bonds. The molecule has 1 aliphatic heterocycles. The largest absolute Gasteiger partial charge is 0.494 e. The summed E-state index contributed by atoms with van der Waals surface area (Å²) in [5.74, 6) is 1.66. The Labute approximate surface area is 168 Å². The zero-order valence-electron chi connectivity index (χ0n) is 15.9. The summed E-state index contributed by atoms with van der Waals surface area (Å²) >= 11 is 6.03. The quantitative estimate of drug-likeness (QED) is 0.498. The van der Waals surface area contributed by atoms with E-state index < -0.39 is 0 Å². The summed E-state index contributed by atoms with van der Waals surface area (Å²) in [5, 5.41) is 0.670. The number of hydrogen-bond donors (Lipinski definition) is 0. The van der Waals surface area contributed by atoms with Crippen LogP contribution in [0.15, 0.2) is 48.5 Å². The molecule has 0 N–H and O–H groups in total. The number of nitrogens with zero attached hydrogens (tertiary/aromatic N) is 1. The predicted octanol–water partition coefficient (Wildman–Crippen LogP) is 5.94. The molecule has 3 rings (SSSR count). The first kappa shape index (κ1) is 20.0. The van der Waals surface area contributed by atoms with E-state index in [4.69, 9.17) is 21.1 Å². The molecule has 0 aromatic heterocycles. The molecule has 1 fully saturated rings. The number of benzene rings is 2. The van der Waals surface area contributed by atoms with Gasteiger partial charge in [-0.3, -0.25) is 0 Å². The van der Waals surface area contributed by atoms with E-state index in [0.29, 0.717) is 11.4 Å². The van der Waals surface area contributed by atoms with Crippen LogP contribution in [0.1, 0.15) is 43.8 Å². The standard InChI is InChI=1S/C23H29ClNO2/c1-2-23(27-22-9-6-8-20(24)18-22)19-10-12-21(13-11-19)26-17-7-16-25-14-4-3-5-15-25/h6,8-13,18,23H,1-5,7,14-17H2. The lowest BCUT2D eigenvalue weighted by molar-refractivity contribution is 0.204. The van der Waals surface area contributed by atoms with Gasteiger partial charge in [0, 0.05) is 11.6 Å². The van der Waals surface area contributed by atoms with E-state index in [-0.39, 0.29) is 6.10 Å². The van der Waals surface area contributed by atoms with Crippen LogP contribution in [0.5, 0.6) is 11.5 Å². The SMILES string of the molecule is [CH2]CC(Oc1cccc(Cl)c1)c1ccc(OCCCN2CCCCC2)cc1. The molecule has 27 heavy (non-hydrogen) atoms. The van der Waals surface area contributed by atoms with Gasteiger partial charge in [-0.1, -0.05) is 36.2 Å². The van der Waals surface area contributed by atoms with Crippen LogP contribution < -0.4 is 9.47 Å². The Kier molecular flexibility index (Phi) is 7.85. The topological polar surface area (TPSA) is 21.7 Å². The average Bonchev–Trinajstić information content (AvgIpc) is 2.71. The van der Waals surface area contributed by atoms with Crippen molar-refractivity contribution >= 4 is 11.6 Å². The maximum absolute atomic E-state index is 6.04. The van der Waals surface area contributed by atoms with Crippen LogP contribution in [0.25, 0.3) is 0 Å². The molecule has 3 nitrogen and oxygen atoms in total. The predicted molar refractivity (Wildman–Crippen MR) is 112 cm³/mol. The van der Waals surface area contributed by atoms with E-state index in [2.05, 4.69) is 24.0 Å². The first-order valence-corrected chi connectivity index (χ1v) is 10.3. The third-order valence-corrected chi connectivity index (χ3v) is 5.16. The summed E-state index contributed by atoms with van der Waals surface area (Å²) in [6.45, 7) is 8.39. The number of halogens is 1. The van der Waals surface area contributed by atoms with Crippen LogP contribution in [0.4, 0.5) is 0 Å². The molecule has 1 aliphatic rings. The van der Waals surface area contributed by atoms with Crippen molar-refractivity contribution in [3.8, 4) is 11.5 Å². The van der Waals surface area contributed by atoms with Gasteiger partial charge in [-0.2, -0.15) is 0 Å². The zero-order valence-corrected chi connectivity index (χ0v) is 16.7. The highest BCUT2D eigenvalue weighted by Gasteiger charge is 2.12. The molecule has 0 spiro atoms. The van der Waals surface area contributed by atoms with Gasteiger partial charge in [0.1, 0.15) is 17.6 Å². The van der Waals surface area contributed by atoms with E-state index in [9.17, 15) is 0 Å². The van der Waals surface area contributed by atoms with Crippen molar-refractivity contribution in [2.24, 2.45) is 0 Å². The summed E-state index contributed by atoms with van der Waals surface area (Å²) in [5.41, 5.74) is 1.09. The number of hydrogen-bond acceptors (Lipinski definition) is 3. The Hall–Kier alpha value is -1.71. The number of piperidine rings is 1. The second kappa shape index (κ2) is 10.6. The van der Waals surface area contributed by atoms with Gasteiger partial charge in [-0.05, 0) is 81.6 Å². The van der Waals surface area contributed by atoms with Crippen molar-refractivity contribution in [3.05, 3.63) is 66.0 Å². The van der Waals surface area contributed by atoms with Gasteiger partial charge in [-0.25, -0.2) is 0 Å². The smallest absolute Gasteiger partial charge is 0.124 e. The Morgan fingerprint density at radius 2 is 1.78 bits per heavy atom. The molecular weight excluding hydrogens is 358 g/mol. The lowest BCUT2D eigenvalue weighted by atomic mass is 10.1. The minimum Gasteiger partial charge on any atom is -0.494 e. The third-order valence-electron chi connectivity index (χ3n) is 4.92. The van der Waals surface area contributed by atoms with E-state index in [1.165, 1.54) is 32.4 Å². The monoisotopic (exact) mass is 386 g/mol. The summed E-state index contributed by atoms with van der Waals surface area (Å²) in [6.07, 6.45) is 5.68. The van der Waals surface area contributed by atoms with E-state index >= 15 is 0 Å². The molecule has 2 aromatic rings. The van der Waals surface area contributed by atoms with Crippen molar-refractivity contribution < 1.29 is 9.47 Å². The van der Waals surface area contributed by atoms with E-state index in [1.807, 2.05) is 36.4 Å². The Morgan fingerprint density at radius 1 is 1.00 bits per heavy atom. The van der Waals surface area contributed by atoms with Crippen molar-refractivity contribution in [1.29, 1.82) is 0 Å². The fourth-order valence-electron chi connectivity index (χ4n) is 3.44. The molecule has 1 heterocycles. The normalized spacial score (nSPS) is 16.1. The maximum Gasteiger partial charge on any atom is 0.124 e. The summed E-state index contributed by atoms with van der Waals surface area (Å²) in [6, 6.07) is 15.6. The minimum absolute atomic E-state index is 0.100. The molecule has 1 saturated heterocycles. The number of rotatable bonds is 9. The van der Waals surface area contributed by atoms with Gasteiger partial charge >= 0.3 is 0 Å². The van der Waals surface area contributed by atoms with Crippen LogP contribution in [0.3, 0.4) is 0 Å². The molecule has 0 saturated carbocycles. The minimum atomic E-state index is -0.100. The lowest BCUT2D eigenvalue weighted by Gasteiger charge is -2.26. The molecule has 1 atom stereocenters. The average molecular weight is 387 g/mol. The third kappa shape index (κ3) is 6.44. The van der Waals surface area contributed by atoms with Crippen LogP contribution in [0, 0.1) is 6.92 Å². The van der Waals surface area contributed by atoms with Crippen LogP contribution in [-0.4, -0.2) is 31.1 Å². The van der Waals surface area contributed by atoms with Gasteiger partial charge in [0.2, 0.25) is 0 Å². The van der Waals surface area contributed by atoms with Crippen molar-refractivity contribution in [3.63, 3.8) is 0 Å². The van der Waals surface area contributed by atoms with Crippen molar-refractivity contribution in [2.75, 3.05) is 26.2 Å². The van der Waals surface area contributed by atoms with Gasteiger partial charge in [0.25, 0.3) is 0 Å². The van der Waals surface area contributed by atoms with Crippen LogP contribution in [0.2, 0.25) is 5.02 Å². The summed E-state index contributed by atoms with van der Waals surface area (Å²) in [4.78, 5) is 2.54. The summed E-state index contributed by atoms with van der Waals surface area (Å²) in [7, 11) is 0. The highest BCUT2D eigenvalue weighted by atomic mass is 35.5. The highest BCUT2D eigenvalue weighted by Crippen LogP contribution is 2.27. The van der Waals surface area contributed by atoms with Gasteiger partial charge in [0.15, 0.2) is 0 Å². The molecule has 145 valence electrons. The summed E-state index contributed by atoms with van der Waals surface area (Å²) < 4.78 is 11.9. The number of ether oxygens (including phenoxy) is 2. The van der Waals surface area contributed by atoms with Gasteiger partial charge < -0.3 is 14.4 Å².